The summed E-state index contributed by atoms with van der Waals surface area (Å²) in [7, 11) is 0. The molecule has 0 fully saturated rings. The average molecular weight is 963 g/mol. The van der Waals surface area contributed by atoms with Gasteiger partial charge in [0.1, 0.15) is 72.5 Å². The monoisotopic (exact) mass is 962 g/mol. The summed E-state index contributed by atoms with van der Waals surface area (Å²) >= 11 is 0. The molecule has 72 heavy (non-hydrogen) atoms. The van der Waals surface area contributed by atoms with Crippen molar-refractivity contribution in [1.82, 2.24) is 60.3 Å². The molecule has 0 spiro atoms. The highest BCUT2D eigenvalue weighted by Gasteiger charge is 2.33. The number of amides is 4. The van der Waals surface area contributed by atoms with Gasteiger partial charge >= 0.3 is 0 Å². The van der Waals surface area contributed by atoms with E-state index in [2.05, 4.69) is 52.7 Å². The van der Waals surface area contributed by atoms with Crippen LogP contribution in [0.4, 0.5) is 0 Å². The predicted molar refractivity (Wildman–Crippen MR) is 264 cm³/mol. The number of carbonyl (C=O) groups excluding carboxylic acids is 4. The SMILES string of the molecule is CCCN(Cc1ncc(-c2cc3c4c(c2)OCc2cc(-c5cnc(CN(CCC)C(=O)[C@H](NC(=O)c6ccncn6)c6ccccc6)[nH]5)cc(c2-4)OC3)[nH]1)C(=O)[C@H](NC(=O)c1ccncn1)c1ccccc1. The minimum atomic E-state index is -0.959. The third kappa shape index (κ3) is 9.87. The fourth-order valence-electron chi connectivity index (χ4n) is 9.10. The summed E-state index contributed by atoms with van der Waals surface area (Å²) in [5.74, 6) is 1.08. The minimum Gasteiger partial charge on any atom is -0.488 e. The molecule has 18 nitrogen and oxygen atoms in total. The molecule has 0 radical (unpaired) electrons. The number of benzene rings is 4. The number of nitrogens with zero attached hydrogens (tertiary/aromatic N) is 8. The van der Waals surface area contributed by atoms with Crippen LogP contribution in [0, 0.1) is 0 Å². The van der Waals surface area contributed by atoms with Gasteiger partial charge in [-0.25, -0.2) is 29.9 Å². The van der Waals surface area contributed by atoms with Crippen LogP contribution in [0.1, 0.15) is 93.7 Å². The van der Waals surface area contributed by atoms with E-state index < -0.39 is 23.9 Å². The van der Waals surface area contributed by atoms with Crippen molar-refractivity contribution < 1.29 is 28.7 Å². The zero-order valence-electron chi connectivity index (χ0n) is 39.5. The molecule has 6 heterocycles. The number of imidazole rings is 2. The Labute approximate surface area is 414 Å². The molecule has 4 N–H and O–H groups in total. The molecule has 10 rings (SSSR count). The van der Waals surface area contributed by atoms with E-state index in [1.807, 2.05) is 86.6 Å². The Morgan fingerprint density at radius 1 is 0.583 bits per heavy atom. The highest BCUT2D eigenvalue weighted by Crippen LogP contribution is 2.50. The van der Waals surface area contributed by atoms with Crippen molar-refractivity contribution in [2.45, 2.75) is 65.1 Å². The molecule has 2 aliphatic heterocycles. The first kappa shape index (κ1) is 46.7. The van der Waals surface area contributed by atoms with E-state index >= 15 is 0 Å². The van der Waals surface area contributed by atoms with Crippen LogP contribution in [0.5, 0.6) is 11.5 Å². The minimum absolute atomic E-state index is 0.157. The second-order valence-electron chi connectivity index (χ2n) is 17.4. The standard InChI is InChI=1S/C54H50N12O6/c1-3-19-65(53(69)49(33-11-7-5-8-12-33)63-51(67)39-15-17-55-31-59-39)27-45-57-25-41(61-45)35-21-37-29-72-44-24-36(22-38-30-71-43(23-35)47(37)48(38)44)42-26-58-46(62-42)28-66(20-4-2)54(70)50(34-13-9-6-10-14-34)64-52(68)40-16-18-56-32-60-40/h5-18,21-26,31-32,49-50H,3-4,19-20,27-30H2,1-2H3,(H,57,61)(H,58,62)(H,63,67)(H,64,68)/t49-,50-/m1/s1. The lowest BCUT2D eigenvalue weighted by Gasteiger charge is -2.30. The van der Waals surface area contributed by atoms with Crippen molar-refractivity contribution in [3.63, 3.8) is 0 Å². The normalized spacial score (nSPS) is 12.9. The van der Waals surface area contributed by atoms with Gasteiger partial charge in [-0.05, 0) is 60.4 Å². The molecule has 0 saturated heterocycles. The fraction of sp³-hybridized carbons (Fsp3) is 0.222. The maximum atomic E-state index is 14.3. The molecular formula is C54H50N12O6. The number of hydrogen-bond donors (Lipinski definition) is 4. The first-order valence-electron chi connectivity index (χ1n) is 23.7. The van der Waals surface area contributed by atoms with Gasteiger partial charge in [0.25, 0.3) is 11.8 Å². The van der Waals surface area contributed by atoms with Gasteiger partial charge in [-0.15, -0.1) is 0 Å². The molecule has 4 aromatic carbocycles. The van der Waals surface area contributed by atoms with Gasteiger partial charge in [0, 0.05) is 58.9 Å². The van der Waals surface area contributed by atoms with Gasteiger partial charge in [-0.3, -0.25) is 19.2 Å². The summed E-state index contributed by atoms with van der Waals surface area (Å²) in [6, 6.07) is 27.5. The van der Waals surface area contributed by atoms with Crippen LogP contribution in [-0.4, -0.2) is 86.4 Å². The molecule has 0 aliphatic carbocycles. The van der Waals surface area contributed by atoms with Gasteiger partial charge in [0.2, 0.25) is 11.8 Å². The molecular weight excluding hydrogens is 913 g/mol. The molecule has 2 atom stereocenters. The number of H-pyrrole nitrogens is 2. The highest BCUT2D eigenvalue weighted by atomic mass is 16.5. The zero-order chi connectivity index (χ0) is 49.6. The molecule has 2 aliphatic rings. The molecule has 4 amide bonds. The number of hydrogen-bond acceptors (Lipinski definition) is 12. The third-order valence-corrected chi connectivity index (χ3v) is 12.5. The number of rotatable bonds is 18. The number of aromatic nitrogens is 8. The van der Waals surface area contributed by atoms with E-state index in [4.69, 9.17) is 19.4 Å². The van der Waals surface area contributed by atoms with Crippen LogP contribution in [0.25, 0.3) is 33.6 Å². The van der Waals surface area contributed by atoms with Gasteiger partial charge in [-0.2, -0.15) is 0 Å². The van der Waals surface area contributed by atoms with E-state index in [-0.39, 0.29) is 36.3 Å². The fourth-order valence-corrected chi connectivity index (χ4v) is 9.10. The number of nitrogens with one attached hydrogen (secondary N) is 4. The lowest BCUT2D eigenvalue weighted by atomic mass is 9.87. The Balaban J connectivity index is 0.853. The predicted octanol–water partition coefficient (Wildman–Crippen LogP) is 7.32. The summed E-state index contributed by atoms with van der Waals surface area (Å²) in [4.78, 5) is 90.7. The maximum Gasteiger partial charge on any atom is 0.270 e. The van der Waals surface area contributed by atoms with Gasteiger partial charge in [0.15, 0.2) is 0 Å². The lowest BCUT2D eigenvalue weighted by molar-refractivity contribution is -0.135. The Hall–Kier alpha value is -9.06. The first-order chi connectivity index (χ1) is 35.2. The zero-order valence-corrected chi connectivity index (χ0v) is 39.5. The van der Waals surface area contributed by atoms with E-state index in [9.17, 15) is 19.2 Å². The van der Waals surface area contributed by atoms with E-state index in [0.29, 0.717) is 61.9 Å². The second kappa shape index (κ2) is 20.9. The number of aromatic amines is 2. The number of carbonyl (C=O) groups is 4. The summed E-state index contributed by atoms with van der Waals surface area (Å²) in [5.41, 5.74) is 8.67. The molecule has 0 bridgehead atoms. The van der Waals surface area contributed by atoms with Crippen molar-refractivity contribution in [3.05, 3.63) is 180 Å². The van der Waals surface area contributed by atoms with Crippen LogP contribution >= 0.6 is 0 Å². The van der Waals surface area contributed by atoms with Crippen LogP contribution in [0.15, 0.2) is 135 Å². The first-order valence-corrected chi connectivity index (χ1v) is 23.7. The Kier molecular flexibility index (Phi) is 13.5. The van der Waals surface area contributed by atoms with Crippen molar-refractivity contribution in [1.29, 1.82) is 0 Å². The summed E-state index contributed by atoms with van der Waals surface area (Å²) < 4.78 is 12.9. The Morgan fingerprint density at radius 3 is 1.40 bits per heavy atom. The molecule has 0 saturated carbocycles. The van der Waals surface area contributed by atoms with Crippen molar-refractivity contribution in [2.75, 3.05) is 13.1 Å². The van der Waals surface area contributed by atoms with Gasteiger partial charge in [0.05, 0.1) is 36.9 Å². The highest BCUT2D eigenvalue weighted by molar-refractivity contribution is 5.97. The molecule has 8 aromatic rings. The van der Waals surface area contributed by atoms with Crippen LogP contribution in [0.3, 0.4) is 0 Å². The van der Waals surface area contributed by atoms with Crippen molar-refractivity contribution in [3.8, 4) is 45.1 Å². The van der Waals surface area contributed by atoms with Gasteiger partial charge < -0.3 is 39.9 Å². The molecule has 362 valence electrons. The summed E-state index contributed by atoms with van der Waals surface area (Å²) in [5, 5.41) is 5.79. The van der Waals surface area contributed by atoms with E-state index in [1.165, 1.54) is 37.2 Å². The van der Waals surface area contributed by atoms with Crippen LogP contribution < -0.4 is 20.1 Å². The largest absolute Gasteiger partial charge is 0.488 e. The summed E-state index contributed by atoms with van der Waals surface area (Å²) in [6.07, 6.45) is 10.4. The average Bonchev–Trinajstić information content (AvgIpc) is 4.11. The van der Waals surface area contributed by atoms with Crippen molar-refractivity contribution >= 4 is 23.6 Å². The Bertz CT molecular complexity index is 2970. The maximum absolute atomic E-state index is 14.3. The summed E-state index contributed by atoms with van der Waals surface area (Å²) in [6.45, 7) is 5.83. The van der Waals surface area contributed by atoms with Gasteiger partial charge in [-0.1, -0.05) is 74.5 Å². The second-order valence-corrected chi connectivity index (χ2v) is 17.4. The van der Waals surface area contributed by atoms with E-state index in [1.54, 1.807) is 22.2 Å². The quantitative estimate of drug-likeness (QED) is 0.0664. The molecule has 0 unspecified atom stereocenters. The molecule has 18 heteroatoms. The van der Waals surface area contributed by atoms with E-state index in [0.717, 1.165) is 56.3 Å². The topological polar surface area (TPSA) is 226 Å². The van der Waals surface area contributed by atoms with Crippen molar-refractivity contribution in [2.24, 2.45) is 0 Å². The third-order valence-electron chi connectivity index (χ3n) is 12.5. The smallest absolute Gasteiger partial charge is 0.270 e. The number of ether oxygens (including phenoxy) is 2. The van der Waals surface area contributed by atoms with Crippen LogP contribution in [-0.2, 0) is 35.9 Å². The lowest BCUT2D eigenvalue weighted by Crippen LogP contribution is -2.43. The van der Waals surface area contributed by atoms with Crippen LogP contribution in [0.2, 0.25) is 0 Å². The Morgan fingerprint density at radius 2 is 1.01 bits per heavy atom. The molecule has 4 aromatic heterocycles.